The molecule has 0 spiro atoms. The number of ether oxygens (including phenoxy) is 1. The number of hydrogen-bond acceptors (Lipinski definition) is 11. The van der Waals surface area contributed by atoms with Gasteiger partial charge in [-0.05, 0) is 32.9 Å². The lowest BCUT2D eigenvalue weighted by atomic mass is 10.2. The second-order valence-electron chi connectivity index (χ2n) is 8.00. The quantitative estimate of drug-likeness (QED) is 0.316. The number of carbonyl (C=O) groups excluding carboxylic acids is 1. The van der Waals surface area contributed by atoms with Crippen LogP contribution in [0.5, 0.6) is 5.75 Å². The van der Waals surface area contributed by atoms with Gasteiger partial charge in [-0.3, -0.25) is 9.32 Å². The van der Waals surface area contributed by atoms with Crippen molar-refractivity contribution in [1.29, 1.82) is 0 Å². The van der Waals surface area contributed by atoms with Gasteiger partial charge in [0, 0.05) is 6.42 Å². The van der Waals surface area contributed by atoms with Crippen LogP contribution in [0.4, 0.5) is 0 Å². The van der Waals surface area contributed by atoms with E-state index in [4.69, 9.17) is 19.5 Å². The first-order valence-electron chi connectivity index (χ1n) is 10.7. The van der Waals surface area contributed by atoms with E-state index >= 15 is 0 Å². The summed E-state index contributed by atoms with van der Waals surface area (Å²) in [5, 5.41) is 12.6. The highest BCUT2D eigenvalue weighted by molar-refractivity contribution is 8.00. The number of aliphatic hydroxyl groups is 1. The predicted octanol–water partition coefficient (Wildman–Crippen LogP) is 2.44. The average molecular weight is 512 g/mol. The van der Waals surface area contributed by atoms with E-state index in [2.05, 4.69) is 21.7 Å². The van der Waals surface area contributed by atoms with Gasteiger partial charge in [-0.15, -0.1) is 11.8 Å². The van der Waals surface area contributed by atoms with Gasteiger partial charge in [-0.25, -0.2) is 9.56 Å². The van der Waals surface area contributed by atoms with Crippen LogP contribution in [0.3, 0.4) is 0 Å². The van der Waals surface area contributed by atoms with Gasteiger partial charge in [-0.1, -0.05) is 24.8 Å². The van der Waals surface area contributed by atoms with E-state index in [0.717, 1.165) is 0 Å². The highest BCUT2D eigenvalue weighted by Crippen LogP contribution is 2.47. The molecule has 2 aliphatic heterocycles. The summed E-state index contributed by atoms with van der Waals surface area (Å²) in [6.07, 6.45) is 0.813. The Morgan fingerprint density at radius 2 is 2.09 bits per heavy atom. The number of rotatable bonds is 10. The minimum Gasteiger partial charge on any atom is -0.462 e. The molecular weight excluding hydrogens is 481 g/mol. The van der Waals surface area contributed by atoms with Crippen LogP contribution in [0.2, 0.25) is 0 Å². The monoisotopic (exact) mass is 511 g/mol. The highest BCUT2D eigenvalue weighted by Gasteiger charge is 2.40. The number of thioether (sulfide) groups is 1. The molecule has 1 aromatic carbocycles. The fourth-order valence-corrected chi connectivity index (χ4v) is 6.26. The van der Waals surface area contributed by atoms with Gasteiger partial charge in [0.2, 0.25) is 5.96 Å². The number of aliphatic imine (C=N–C) groups is 2. The average Bonchev–Trinajstić information content (AvgIpc) is 3.12. The van der Waals surface area contributed by atoms with Crippen molar-refractivity contribution in [3.05, 3.63) is 42.7 Å². The highest BCUT2D eigenvalue weighted by atomic mass is 32.2. The number of nitrogens with two attached hydrogens (primary N) is 1. The molecule has 1 aromatic rings. The third-order valence-electron chi connectivity index (χ3n) is 4.81. The molecule has 0 saturated carbocycles. The molecule has 2 aliphatic rings. The minimum atomic E-state index is -4.02. The van der Waals surface area contributed by atoms with Gasteiger partial charge in [0.25, 0.3) is 0 Å². The minimum absolute atomic E-state index is 0.103. The topological polar surface area (TPSA) is 148 Å². The van der Waals surface area contributed by atoms with Crippen LogP contribution in [-0.2, 0) is 18.6 Å². The molecule has 4 N–H and O–H groups in total. The molecular formula is C21H30N5O6PS. The largest absolute Gasteiger partial charge is 0.462 e. The van der Waals surface area contributed by atoms with Crippen molar-refractivity contribution in [2.75, 3.05) is 6.61 Å². The number of carbonyl (C=O) groups is 1. The SMILES string of the molecule is C=C1N=C(N)N=CN1[C@H]1C[C@@H](O)[C@@H](COP(=O)(N[C@@H](C)C(=O)OC(C)C)Oc2ccccc2)S1. The smallest absolute Gasteiger partial charge is 0.459 e. The molecule has 11 nitrogen and oxygen atoms in total. The summed E-state index contributed by atoms with van der Waals surface area (Å²) in [5.41, 5.74) is 5.59. The lowest BCUT2D eigenvalue weighted by molar-refractivity contribution is -0.149. The standard InChI is InChI=1S/C21H30N5O6PS/c1-13(2)31-20(28)14(3)25-33(29,32-16-8-6-5-7-9-16)30-11-18-17(27)10-19(34-18)26-12-23-21(22)24-15(26)4/h5-9,12-14,17-19,27H,4,10-11H2,1-3H3,(H2,22,24)(H,25,29)/t14-,17+,18+,19+,33?/m0/s1. The van der Waals surface area contributed by atoms with Crippen molar-refractivity contribution in [1.82, 2.24) is 9.99 Å². The Hall–Kier alpha value is -2.37. The van der Waals surface area contributed by atoms with Crippen molar-refractivity contribution >= 4 is 37.8 Å². The van der Waals surface area contributed by atoms with Crippen molar-refractivity contribution in [2.24, 2.45) is 15.7 Å². The van der Waals surface area contributed by atoms with Gasteiger partial charge < -0.3 is 25.0 Å². The first-order valence-corrected chi connectivity index (χ1v) is 13.2. The lowest BCUT2D eigenvalue weighted by Crippen LogP contribution is -2.37. The Morgan fingerprint density at radius 3 is 2.74 bits per heavy atom. The van der Waals surface area contributed by atoms with Crippen LogP contribution >= 0.6 is 19.5 Å². The number of esters is 1. The summed E-state index contributed by atoms with van der Waals surface area (Å²) in [6.45, 7) is 8.71. The molecule has 5 atom stereocenters. The van der Waals surface area contributed by atoms with E-state index in [1.54, 1.807) is 49.1 Å². The zero-order valence-electron chi connectivity index (χ0n) is 19.2. The summed E-state index contributed by atoms with van der Waals surface area (Å²) >= 11 is 1.40. The third-order valence-corrected chi connectivity index (χ3v) is 7.98. The van der Waals surface area contributed by atoms with Crippen LogP contribution in [-0.4, -0.2) is 63.8 Å². The predicted molar refractivity (Wildman–Crippen MR) is 131 cm³/mol. The van der Waals surface area contributed by atoms with E-state index < -0.39 is 31.1 Å². The molecule has 0 radical (unpaired) electrons. The Kier molecular flexibility index (Phi) is 8.78. The van der Waals surface area contributed by atoms with E-state index in [1.165, 1.54) is 25.0 Å². The second-order valence-corrected chi connectivity index (χ2v) is 11.1. The number of nitrogens with one attached hydrogen (secondary N) is 1. The molecule has 13 heteroatoms. The van der Waals surface area contributed by atoms with Gasteiger partial charge in [-0.2, -0.15) is 10.1 Å². The lowest BCUT2D eigenvalue weighted by Gasteiger charge is -2.27. The zero-order chi connectivity index (χ0) is 24.9. The molecule has 0 bridgehead atoms. The van der Waals surface area contributed by atoms with Crippen LogP contribution in [0, 0.1) is 0 Å². The molecule has 0 aliphatic carbocycles. The number of benzene rings is 1. The van der Waals surface area contributed by atoms with E-state index in [0.29, 0.717) is 18.0 Å². The molecule has 2 heterocycles. The number of aliphatic hydroxyl groups excluding tert-OH is 1. The summed E-state index contributed by atoms with van der Waals surface area (Å²) in [4.78, 5) is 22.0. The molecule has 186 valence electrons. The first-order chi connectivity index (χ1) is 16.1. The van der Waals surface area contributed by atoms with Crippen molar-refractivity contribution in [3.8, 4) is 5.75 Å². The second kappa shape index (κ2) is 11.4. The van der Waals surface area contributed by atoms with Crippen LogP contribution < -0.4 is 15.3 Å². The summed E-state index contributed by atoms with van der Waals surface area (Å²) in [7, 11) is -4.02. The number of hydrogen-bond donors (Lipinski definition) is 3. The zero-order valence-corrected chi connectivity index (χ0v) is 20.9. The van der Waals surface area contributed by atoms with Crippen LogP contribution in [0.15, 0.2) is 52.7 Å². The fourth-order valence-electron chi connectivity index (χ4n) is 3.19. The maximum Gasteiger partial charge on any atom is 0.459 e. The van der Waals surface area contributed by atoms with Crippen molar-refractivity contribution < 1.29 is 28.3 Å². The third kappa shape index (κ3) is 7.07. The van der Waals surface area contributed by atoms with Gasteiger partial charge in [0.05, 0.1) is 29.4 Å². The number of nitrogens with zero attached hydrogens (tertiary/aromatic N) is 3. The van der Waals surface area contributed by atoms with E-state index in [9.17, 15) is 14.5 Å². The molecule has 1 fully saturated rings. The van der Waals surface area contributed by atoms with Crippen LogP contribution in [0.1, 0.15) is 27.2 Å². The van der Waals surface area contributed by atoms with Crippen LogP contribution in [0.25, 0.3) is 0 Å². The van der Waals surface area contributed by atoms with Gasteiger partial charge >= 0.3 is 13.7 Å². The molecule has 1 unspecified atom stereocenters. The van der Waals surface area contributed by atoms with Gasteiger partial charge in [0.1, 0.15) is 24.0 Å². The summed E-state index contributed by atoms with van der Waals surface area (Å²) < 4.78 is 30.1. The molecule has 3 rings (SSSR count). The Bertz CT molecular complexity index is 991. The Labute approximate surface area is 203 Å². The molecule has 0 aromatic heterocycles. The van der Waals surface area contributed by atoms with Gasteiger partial charge in [0.15, 0.2) is 0 Å². The molecule has 0 amide bonds. The Morgan fingerprint density at radius 1 is 1.38 bits per heavy atom. The van der Waals surface area contributed by atoms with E-state index in [1.807, 2.05) is 0 Å². The maximum absolute atomic E-state index is 13.6. The van der Waals surface area contributed by atoms with Crippen molar-refractivity contribution in [3.63, 3.8) is 0 Å². The fraction of sp³-hybridized carbons (Fsp3) is 0.476. The Balaban J connectivity index is 1.67. The van der Waals surface area contributed by atoms with Crippen molar-refractivity contribution in [2.45, 2.75) is 56.1 Å². The molecule has 34 heavy (non-hydrogen) atoms. The summed E-state index contributed by atoms with van der Waals surface area (Å²) in [5.74, 6) is 0.237. The number of para-hydroxylation sites is 1. The maximum atomic E-state index is 13.6. The summed E-state index contributed by atoms with van der Waals surface area (Å²) in [6, 6.07) is 7.52. The number of guanidine groups is 1. The first kappa shape index (κ1) is 26.2. The normalized spacial score (nSPS) is 25.1. The molecule has 1 saturated heterocycles. The van der Waals surface area contributed by atoms with E-state index in [-0.39, 0.29) is 24.0 Å².